The molecule has 1 aromatic carbocycles. The zero-order valence-corrected chi connectivity index (χ0v) is 18.1. The summed E-state index contributed by atoms with van der Waals surface area (Å²) in [5, 5.41) is 3.04. The van der Waals surface area contributed by atoms with Gasteiger partial charge in [0.2, 0.25) is 0 Å². The Labute approximate surface area is 190 Å². The van der Waals surface area contributed by atoms with E-state index in [1.807, 2.05) is 30.3 Å². The van der Waals surface area contributed by atoms with Crippen molar-refractivity contribution in [3.05, 3.63) is 82.4 Å². The third-order valence-electron chi connectivity index (χ3n) is 5.69. The van der Waals surface area contributed by atoms with Crippen molar-refractivity contribution in [2.24, 2.45) is 16.6 Å². The normalized spacial score (nSPS) is 16.3. The minimum Gasteiger partial charge on any atom is -0.387 e. The number of aliphatic imine (C=N–C) groups is 1. The number of nitrogens with two attached hydrogens (primary N) is 1. The molecule has 0 aliphatic heterocycles. The van der Waals surface area contributed by atoms with Crippen LogP contribution in [0.4, 0.5) is 13.2 Å². The lowest BCUT2D eigenvalue weighted by atomic mass is 9.97. The number of hydrogen-bond acceptors (Lipinski definition) is 3. The zero-order valence-electron chi connectivity index (χ0n) is 18.1. The van der Waals surface area contributed by atoms with Crippen LogP contribution in [0.2, 0.25) is 0 Å². The van der Waals surface area contributed by atoms with Crippen molar-refractivity contribution in [3.8, 4) is 0 Å². The minimum atomic E-state index is -4.64. The van der Waals surface area contributed by atoms with Crippen LogP contribution in [-0.4, -0.2) is 16.3 Å². The molecule has 9 heteroatoms. The average molecular weight is 461 g/mol. The molecular weight excluding hydrogens is 433 g/mol. The third-order valence-corrected chi connectivity index (χ3v) is 5.69. The molecule has 1 aromatic heterocycles. The van der Waals surface area contributed by atoms with Crippen molar-refractivity contribution in [1.29, 1.82) is 0 Å². The Bertz CT molecular complexity index is 1060. The molecule has 1 aliphatic carbocycles. The molecule has 1 heterocycles. The van der Waals surface area contributed by atoms with Gasteiger partial charge in [-0.05, 0) is 30.0 Å². The molecule has 176 valence electrons. The first-order chi connectivity index (χ1) is 15.7. The number of benzene rings is 1. The Morgan fingerprint density at radius 3 is 2.55 bits per heavy atom. The van der Waals surface area contributed by atoms with Gasteiger partial charge in [0.05, 0.1) is 5.56 Å². The number of alkyl halides is 3. The Balaban J connectivity index is 1.75. The topological polar surface area (TPSA) is 89.5 Å². The maximum atomic E-state index is 12.9. The van der Waals surface area contributed by atoms with Crippen molar-refractivity contribution in [3.63, 3.8) is 0 Å². The van der Waals surface area contributed by atoms with E-state index in [-0.39, 0.29) is 11.8 Å². The molecule has 6 nitrogen and oxygen atoms in total. The molecule has 33 heavy (non-hydrogen) atoms. The second-order valence-electron chi connectivity index (χ2n) is 8.14. The fraction of sp³-hybridized carbons (Fsp3) is 0.375. The molecule has 3 rings (SSSR count). The molecule has 3 N–H and O–H groups in total. The Morgan fingerprint density at radius 1 is 1.21 bits per heavy atom. The van der Waals surface area contributed by atoms with Gasteiger partial charge in [-0.1, -0.05) is 56.0 Å². The molecule has 0 spiro atoms. The lowest BCUT2D eigenvalue weighted by Gasteiger charge is -2.20. The van der Waals surface area contributed by atoms with Gasteiger partial charge in [-0.15, -0.1) is 0 Å². The minimum absolute atomic E-state index is 0.0584. The summed E-state index contributed by atoms with van der Waals surface area (Å²) < 4.78 is 39.9. The highest BCUT2D eigenvalue weighted by molar-refractivity contribution is 6.00. The third kappa shape index (κ3) is 7.06. The summed E-state index contributed by atoms with van der Waals surface area (Å²) in [6.07, 6.45) is 3.57. The first-order valence-electron chi connectivity index (χ1n) is 10.9. The van der Waals surface area contributed by atoms with Crippen LogP contribution in [-0.2, 0) is 17.5 Å². The fourth-order valence-corrected chi connectivity index (χ4v) is 3.97. The van der Waals surface area contributed by atoms with Crippen LogP contribution in [0.5, 0.6) is 0 Å². The van der Waals surface area contributed by atoms with E-state index < -0.39 is 29.2 Å². The molecule has 2 aromatic rings. The van der Waals surface area contributed by atoms with Gasteiger partial charge in [0.25, 0.3) is 11.5 Å². The maximum Gasteiger partial charge on any atom is 0.416 e. The number of nitrogens with one attached hydrogen (secondary N) is 1. The lowest BCUT2D eigenvalue weighted by Crippen LogP contribution is -2.31. The zero-order chi connectivity index (χ0) is 23.8. The van der Waals surface area contributed by atoms with Crippen LogP contribution in [0.3, 0.4) is 0 Å². The summed E-state index contributed by atoms with van der Waals surface area (Å²) in [7, 11) is 0. The predicted molar refractivity (Wildman–Crippen MR) is 120 cm³/mol. The van der Waals surface area contributed by atoms with Gasteiger partial charge >= 0.3 is 6.18 Å². The largest absolute Gasteiger partial charge is 0.416 e. The summed E-state index contributed by atoms with van der Waals surface area (Å²) in [5.74, 6) is -0.515. The first-order valence-corrected chi connectivity index (χ1v) is 10.9. The molecular formula is C24H27F3N4O2. The standard InChI is InChI=1S/C24H27F3N4O2/c25-24(26,27)19-11-13-31(22(32)15-19)20(14-17-6-4-5-7-17)23(33)30-21(28)10-12-29-16-18-8-2-1-3-9-18/h1-3,8-13,15,17,20,29H,4-7,14,16H2,(H2,28,30,33)/b12-10-. The second-order valence-corrected chi connectivity index (χ2v) is 8.14. The van der Waals surface area contributed by atoms with Gasteiger partial charge in [-0.2, -0.15) is 18.2 Å². The maximum absolute atomic E-state index is 12.9. The molecule has 0 saturated heterocycles. The van der Waals surface area contributed by atoms with Gasteiger partial charge in [-0.25, -0.2) is 0 Å². The van der Waals surface area contributed by atoms with Gasteiger partial charge in [0.1, 0.15) is 11.9 Å². The van der Waals surface area contributed by atoms with E-state index in [4.69, 9.17) is 5.73 Å². The molecule has 1 atom stereocenters. The number of amides is 1. The smallest absolute Gasteiger partial charge is 0.387 e. The quantitative estimate of drug-likeness (QED) is 0.457. The molecule has 1 saturated carbocycles. The van der Waals surface area contributed by atoms with E-state index in [0.29, 0.717) is 19.0 Å². The first kappa shape index (κ1) is 24.3. The molecule has 0 radical (unpaired) electrons. The van der Waals surface area contributed by atoms with Crippen LogP contribution in [0.15, 0.2) is 70.7 Å². The molecule has 1 amide bonds. The number of carbonyl (C=O) groups is 1. The summed E-state index contributed by atoms with van der Waals surface area (Å²) in [5.41, 5.74) is 4.98. The predicted octanol–water partition coefficient (Wildman–Crippen LogP) is 4.18. The SMILES string of the molecule is NC(/C=C\NCc1ccccc1)=NC(=O)C(CC1CCCC1)n1ccc(C(F)(F)F)cc1=O. The number of amidine groups is 1. The van der Waals surface area contributed by atoms with Crippen molar-refractivity contribution < 1.29 is 18.0 Å². The number of hydrogen-bond donors (Lipinski definition) is 2. The lowest BCUT2D eigenvalue weighted by molar-refractivity contribution is -0.137. The number of aromatic nitrogens is 1. The number of rotatable bonds is 8. The van der Waals surface area contributed by atoms with E-state index in [2.05, 4.69) is 10.3 Å². The Morgan fingerprint density at radius 2 is 1.91 bits per heavy atom. The molecule has 1 fully saturated rings. The number of pyridine rings is 1. The van der Waals surface area contributed by atoms with Crippen LogP contribution < -0.4 is 16.6 Å². The second kappa shape index (κ2) is 11.0. The van der Waals surface area contributed by atoms with Crippen LogP contribution in [0.1, 0.15) is 49.3 Å². The molecule has 1 aliphatic rings. The highest BCUT2D eigenvalue weighted by atomic mass is 19.4. The summed E-state index contributed by atoms with van der Waals surface area (Å²) in [6.45, 7) is 0.559. The van der Waals surface area contributed by atoms with Crippen LogP contribution >= 0.6 is 0 Å². The van der Waals surface area contributed by atoms with Gasteiger partial charge in [0, 0.05) is 25.0 Å². The Hall–Kier alpha value is -3.36. The van der Waals surface area contributed by atoms with Gasteiger partial charge in [0.15, 0.2) is 0 Å². The van der Waals surface area contributed by atoms with Crippen molar-refractivity contribution in [2.75, 3.05) is 0 Å². The Kier molecular flexibility index (Phi) is 8.08. The fourth-order valence-electron chi connectivity index (χ4n) is 3.97. The number of nitrogens with zero attached hydrogens (tertiary/aromatic N) is 2. The highest BCUT2D eigenvalue weighted by Gasteiger charge is 2.32. The van der Waals surface area contributed by atoms with E-state index in [1.54, 1.807) is 6.20 Å². The summed E-state index contributed by atoms with van der Waals surface area (Å²) in [4.78, 5) is 29.3. The monoisotopic (exact) mass is 460 g/mol. The van der Waals surface area contributed by atoms with E-state index in [1.165, 1.54) is 6.08 Å². The average Bonchev–Trinajstić information content (AvgIpc) is 3.29. The molecule has 1 unspecified atom stereocenters. The number of halogens is 3. The van der Waals surface area contributed by atoms with Crippen molar-refractivity contribution in [2.45, 2.75) is 50.9 Å². The molecule has 0 bridgehead atoms. The van der Waals surface area contributed by atoms with E-state index in [9.17, 15) is 22.8 Å². The van der Waals surface area contributed by atoms with Crippen LogP contribution in [0, 0.1) is 5.92 Å². The number of carbonyl (C=O) groups excluding carboxylic acids is 1. The van der Waals surface area contributed by atoms with Gasteiger partial charge in [-0.3, -0.25) is 9.59 Å². The summed E-state index contributed by atoms with van der Waals surface area (Å²) in [6, 6.07) is 9.97. The highest BCUT2D eigenvalue weighted by Crippen LogP contribution is 2.33. The van der Waals surface area contributed by atoms with Crippen molar-refractivity contribution in [1.82, 2.24) is 9.88 Å². The van der Waals surface area contributed by atoms with E-state index >= 15 is 0 Å². The van der Waals surface area contributed by atoms with Crippen molar-refractivity contribution >= 4 is 11.7 Å². The van der Waals surface area contributed by atoms with Crippen LogP contribution in [0.25, 0.3) is 0 Å². The van der Waals surface area contributed by atoms with E-state index in [0.717, 1.165) is 48.1 Å². The summed E-state index contributed by atoms with van der Waals surface area (Å²) >= 11 is 0. The van der Waals surface area contributed by atoms with Gasteiger partial charge < -0.3 is 15.6 Å².